The topological polar surface area (TPSA) is 16.1 Å². The molecule has 0 spiro atoms. The lowest BCUT2D eigenvalue weighted by Crippen LogP contribution is -2.32. The fraction of sp³-hybridized carbons (Fsp3) is 0.370. The van der Waals surface area contributed by atoms with Gasteiger partial charge in [-0.1, -0.05) is 39.0 Å². The standard InChI is InChI=1S/C25H24F2N2.C2H6/c1-2-29-10-8-16(9-11-29)19-13-18-6-7-24(28-25(18)23(27)14-19)20-12-17-4-3-5-21(17)22(26)15-20;1-2/h4-7,12-16H,2-3,8-11H2,1H3;1-2H3. The molecule has 162 valence electrons. The van der Waals surface area contributed by atoms with E-state index in [0.717, 1.165) is 55.1 Å². The van der Waals surface area contributed by atoms with Crippen LogP contribution < -0.4 is 10.4 Å². The molecule has 2 aromatic carbocycles. The average molecular weight is 421 g/mol. The van der Waals surface area contributed by atoms with Gasteiger partial charge in [0.15, 0.2) is 0 Å². The van der Waals surface area contributed by atoms with Gasteiger partial charge in [0.25, 0.3) is 0 Å². The van der Waals surface area contributed by atoms with Crippen molar-refractivity contribution < 1.29 is 8.78 Å². The summed E-state index contributed by atoms with van der Waals surface area (Å²) in [6.45, 7) is 9.39. The Labute approximate surface area is 182 Å². The van der Waals surface area contributed by atoms with Gasteiger partial charge in [-0.05, 0) is 85.9 Å². The number of hydrogen-bond acceptors (Lipinski definition) is 2. The number of rotatable bonds is 3. The van der Waals surface area contributed by atoms with Crippen LogP contribution in [0.3, 0.4) is 0 Å². The van der Waals surface area contributed by atoms with Gasteiger partial charge in [0.05, 0.1) is 5.69 Å². The van der Waals surface area contributed by atoms with E-state index in [-0.39, 0.29) is 11.6 Å². The van der Waals surface area contributed by atoms with Crippen molar-refractivity contribution in [2.24, 2.45) is 0 Å². The molecule has 1 aliphatic carbocycles. The quantitative estimate of drug-likeness (QED) is 0.566. The summed E-state index contributed by atoms with van der Waals surface area (Å²) in [6.07, 6.45) is 6.75. The SMILES string of the molecule is CC.CCN1CCC(c2cc(F)c3nc(-c4cc(F)c5c(c4)=CCC=5)ccc3c2)CC1. The molecule has 1 fully saturated rings. The molecule has 1 saturated heterocycles. The van der Waals surface area contributed by atoms with Crippen LogP contribution in [0, 0.1) is 11.6 Å². The van der Waals surface area contributed by atoms with Crippen LogP contribution in [0.2, 0.25) is 0 Å². The summed E-state index contributed by atoms with van der Waals surface area (Å²) >= 11 is 0. The molecule has 0 N–H and O–H groups in total. The van der Waals surface area contributed by atoms with Crippen molar-refractivity contribution in [1.29, 1.82) is 0 Å². The normalized spacial score (nSPS) is 16.3. The maximum atomic E-state index is 15.0. The van der Waals surface area contributed by atoms with E-state index < -0.39 is 0 Å². The molecule has 2 nitrogen and oxygen atoms in total. The fourth-order valence-corrected chi connectivity index (χ4v) is 4.67. The lowest BCUT2D eigenvalue weighted by molar-refractivity contribution is 0.222. The second-order valence-electron chi connectivity index (χ2n) is 8.08. The van der Waals surface area contributed by atoms with E-state index in [4.69, 9.17) is 0 Å². The van der Waals surface area contributed by atoms with Crippen molar-refractivity contribution in [2.75, 3.05) is 19.6 Å². The van der Waals surface area contributed by atoms with Gasteiger partial charge in [-0.3, -0.25) is 0 Å². The molecule has 2 aliphatic rings. The number of pyridine rings is 1. The number of piperidine rings is 1. The van der Waals surface area contributed by atoms with Crippen LogP contribution in [0.25, 0.3) is 34.3 Å². The Bertz CT molecular complexity index is 1210. The zero-order valence-corrected chi connectivity index (χ0v) is 18.6. The summed E-state index contributed by atoms with van der Waals surface area (Å²) < 4.78 is 29.4. The van der Waals surface area contributed by atoms with E-state index in [9.17, 15) is 8.78 Å². The van der Waals surface area contributed by atoms with Gasteiger partial charge in [-0.2, -0.15) is 0 Å². The minimum Gasteiger partial charge on any atom is -0.304 e. The van der Waals surface area contributed by atoms with Crippen molar-refractivity contribution >= 4 is 23.1 Å². The summed E-state index contributed by atoms with van der Waals surface area (Å²) in [5.41, 5.74) is 2.70. The first kappa shape index (κ1) is 21.6. The summed E-state index contributed by atoms with van der Waals surface area (Å²) in [6, 6.07) is 10.9. The second-order valence-corrected chi connectivity index (χ2v) is 8.08. The van der Waals surface area contributed by atoms with Gasteiger partial charge >= 0.3 is 0 Å². The molecule has 0 bridgehead atoms. The van der Waals surface area contributed by atoms with Crippen LogP contribution >= 0.6 is 0 Å². The first-order valence-electron chi connectivity index (χ1n) is 11.5. The number of likely N-dealkylation sites (tertiary alicyclic amines) is 1. The summed E-state index contributed by atoms with van der Waals surface area (Å²) in [4.78, 5) is 6.99. The van der Waals surface area contributed by atoms with Crippen LogP contribution in [-0.4, -0.2) is 29.5 Å². The lowest BCUT2D eigenvalue weighted by Gasteiger charge is -2.31. The van der Waals surface area contributed by atoms with E-state index in [1.165, 1.54) is 6.07 Å². The highest BCUT2D eigenvalue weighted by Crippen LogP contribution is 2.32. The van der Waals surface area contributed by atoms with Crippen LogP contribution in [0.1, 0.15) is 51.5 Å². The maximum absolute atomic E-state index is 15.0. The smallest absolute Gasteiger partial charge is 0.149 e. The number of aromatic nitrogens is 1. The van der Waals surface area contributed by atoms with E-state index >= 15 is 0 Å². The third-order valence-electron chi connectivity index (χ3n) is 6.39. The van der Waals surface area contributed by atoms with Crippen molar-refractivity contribution in [3.05, 3.63) is 64.0 Å². The van der Waals surface area contributed by atoms with Gasteiger partial charge in [0.2, 0.25) is 0 Å². The number of benzene rings is 2. The van der Waals surface area contributed by atoms with Crippen LogP contribution in [-0.2, 0) is 0 Å². The summed E-state index contributed by atoms with van der Waals surface area (Å²) in [5, 5.41) is 2.35. The molecule has 1 aromatic heterocycles. The Balaban J connectivity index is 0.00000112. The van der Waals surface area contributed by atoms with E-state index in [0.29, 0.717) is 27.9 Å². The van der Waals surface area contributed by atoms with Gasteiger partial charge < -0.3 is 4.90 Å². The Morgan fingerprint density at radius 3 is 2.48 bits per heavy atom. The third kappa shape index (κ3) is 4.27. The van der Waals surface area contributed by atoms with Crippen molar-refractivity contribution in [1.82, 2.24) is 9.88 Å². The van der Waals surface area contributed by atoms with Crippen LogP contribution in [0.5, 0.6) is 0 Å². The second kappa shape index (κ2) is 9.27. The molecule has 0 unspecified atom stereocenters. The largest absolute Gasteiger partial charge is 0.304 e. The summed E-state index contributed by atoms with van der Waals surface area (Å²) in [7, 11) is 0. The third-order valence-corrected chi connectivity index (χ3v) is 6.39. The molecule has 3 aromatic rings. The van der Waals surface area contributed by atoms with Gasteiger partial charge in [-0.15, -0.1) is 0 Å². The first-order chi connectivity index (χ1) is 15.1. The molecule has 0 radical (unpaired) electrons. The monoisotopic (exact) mass is 420 g/mol. The molecule has 2 heterocycles. The molecular formula is C27H30F2N2. The zero-order valence-electron chi connectivity index (χ0n) is 18.6. The van der Waals surface area contributed by atoms with Crippen molar-refractivity contribution in [3.8, 4) is 11.3 Å². The summed E-state index contributed by atoms with van der Waals surface area (Å²) in [5.74, 6) is -0.143. The Morgan fingerprint density at radius 2 is 1.74 bits per heavy atom. The highest BCUT2D eigenvalue weighted by atomic mass is 19.1. The molecule has 4 heteroatoms. The Hall–Kier alpha value is -2.59. The van der Waals surface area contributed by atoms with Crippen molar-refractivity contribution in [3.63, 3.8) is 0 Å². The number of hydrogen-bond donors (Lipinski definition) is 0. The molecular weight excluding hydrogens is 390 g/mol. The van der Waals surface area contributed by atoms with Crippen LogP contribution in [0.15, 0.2) is 36.4 Å². The molecule has 0 atom stereocenters. The number of fused-ring (bicyclic) bond motifs is 2. The van der Waals surface area contributed by atoms with Crippen LogP contribution in [0.4, 0.5) is 8.78 Å². The van der Waals surface area contributed by atoms with Gasteiger partial charge in [-0.25, -0.2) is 13.8 Å². The van der Waals surface area contributed by atoms with E-state index in [2.05, 4.69) is 22.9 Å². The van der Waals surface area contributed by atoms with Gasteiger partial charge in [0.1, 0.15) is 17.2 Å². The Kier molecular flexibility index (Phi) is 6.47. The minimum absolute atomic E-state index is 0.248. The molecule has 0 amide bonds. The van der Waals surface area contributed by atoms with E-state index in [1.807, 2.05) is 44.2 Å². The lowest BCUT2D eigenvalue weighted by atomic mass is 9.88. The molecule has 0 saturated carbocycles. The van der Waals surface area contributed by atoms with Crippen molar-refractivity contribution in [2.45, 2.75) is 46.0 Å². The first-order valence-corrected chi connectivity index (χ1v) is 11.5. The maximum Gasteiger partial charge on any atom is 0.149 e. The highest BCUT2D eigenvalue weighted by molar-refractivity contribution is 5.83. The van der Waals surface area contributed by atoms with Gasteiger partial charge in [0, 0.05) is 16.2 Å². The number of nitrogens with zero attached hydrogens (tertiary/aromatic N) is 2. The Morgan fingerprint density at radius 1 is 0.968 bits per heavy atom. The minimum atomic E-state index is -0.293. The fourth-order valence-electron chi connectivity index (χ4n) is 4.67. The predicted molar refractivity (Wildman–Crippen MR) is 125 cm³/mol. The number of halogens is 2. The zero-order chi connectivity index (χ0) is 22.0. The molecule has 1 aliphatic heterocycles. The highest BCUT2D eigenvalue weighted by Gasteiger charge is 2.21. The average Bonchev–Trinajstić information content (AvgIpc) is 3.30. The molecule has 31 heavy (non-hydrogen) atoms. The van der Waals surface area contributed by atoms with E-state index in [1.54, 1.807) is 6.07 Å². The molecule has 5 rings (SSSR count). The predicted octanol–water partition coefficient (Wildman–Crippen LogP) is 5.37.